The van der Waals surface area contributed by atoms with Gasteiger partial charge in [0.1, 0.15) is 11.9 Å². The van der Waals surface area contributed by atoms with Crippen LogP contribution in [0.2, 0.25) is 0 Å². The van der Waals surface area contributed by atoms with Gasteiger partial charge in [-0.2, -0.15) is 0 Å². The number of hydrogen-bond donors (Lipinski definition) is 1. The van der Waals surface area contributed by atoms with Crippen molar-refractivity contribution in [2.24, 2.45) is 7.05 Å². The highest BCUT2D eigenvalue weighted by Gasteiger charge is 2.32. The van der Waals surface area contributed by atoms with E-state index in [2.05, 4.69) is 5.32 Å². The van der Waals surface area contributed by atoms with E-state index in [9.17, 15) is 18.8 Å². The second kappa shape index (κ2) is 6.88. The molecule has 1 N–H and O–H groups in total. The molecule has 0 spiro atoms. The first kappa shape index (κ1) is 16.9. The first-order chi connectivity index (χ1) is 12.0. The number of benzene rings is 1. The molecule has 1 aliphatic heterocycles. The van der Waals surface area contributed by atoms with E-state index in [-0.39, 0.29) is 22.7 Å². The van der Waals surface area contributed by atoms with Crippen molar-refractivity contribution in [3.63, 3.8) is 0 Å². The van der Waals surface area contributed by atoms with Crippen molar-refractivity contribution in [2.75, 3.05) is 11.4 Å². The van der Waals surface area contributed by atoms with Crippen LogP contribution in [-0.4, -0.2) is 29.0 Å². The van der Waals surface area contributed by atoms with E-state index < -0.39 is 17.8 Å². The SMILES string of the molecule is Cn1ccc(C(=O)N[C@@H]2CCCN(c3ccccc3F)C2=O)cc1=O. The summed E-state index contributed by atoms with van der Waals surface area (Å²) in [5.41, 5.74) is 0.0922. The van der Waals surface area contributed by atoms with Gasteiger partial charge in [-0.25, -0.2) is 4.39 Å². The second-order valence-corrected chi connectivity index (χ2v) is 5.97. The number of amides is 2. The Kier molecular flexibility index (Phi) is 4.65. The molecule has 0 saturated carbocycles. The minimum Gasteiger partial charge on any atom is -0.340 e. The van der Waals surface area contributed by atoms with Gasteiger partial charge in [0.25, 0.3) is 11.5 Å². The molecule has 1 aliphatic rings. The Morgan fingerprint density at radius 1 is 1.24 bits per heavy atom. The lowest BCUT2D eigenvalue weighted by atomic mass is 10.0. The average Bonchev–Trinajstić information content (AvgIpc) is 2.60. The lowest BCUT2D eigenvalue weighted by molar-refractivity contribution is -0.121. The normalized spacial score (nSPS) is 17.4. The van der Waals surface area contributed by atoms with Gasteiger partial charge < -0.3 is 14.8 Å². The molecule has 1 saturated heterocycles. The van der Waals surface area contributed by atoms with Crippen LogP contribution in [0.4, 0.5) is 10.1 Å². The molecule has 0 radical (unpaired) electrons. The Morgan fingerprint density at radius 3 is 2.72 bits per heavy atom. The number of piperidine rings is 1. The van der Waals surface area contributed by atoms with Crippen LogP contribution < -0.4 is 15.8 Å². The zero-order chi connectivity index (χ0) is 18.0. The van der Waals surface area contributed by atoms with E-state index in [1.54, 1.807) is 25.2 Å². The zero-order valence-corrected chi connectivity index (χ0v) is 13.7. The molecule has 2 aromatic rings. The van der Waals surface area contributed by atoms with Gasteiger partial charge in [0.15, 0.2) is 0 Å². The van der Waals surface area contributed by atoms with Gasteiger partial charge in [0.05, 0.1) is 5.69 Å². The van der Waals surface area contributed by atoms with Crippen molar-refractivity contribution in [3.8, 4) is 0 Å². The topological polar surface area (TPSA) is 71.4 Å². The lowest BCUT2D eigenvalue weighted by Crippen LogP contribution is -2.52. The van der Waals surface area contributed by atoms with E-state index in [1.165, 1.54) is 33.9 Å². The summed E-state index contributed by atoms with van der Waals surface area (Å²) in [4.78, 5) is 38.0. The molecule has 7 heteroatoms. The molecule has 0 unspecified atom stereocenters. The fourth-order valence-electron chi connectivity index (χ4n) is 2.85. The molecular formula is C18H18FN3O3. The number of pyridine rings is 1. The minimum absolute atomic E-state index is 0.193. The third kappa shape index (κ3) is 3.45. The summed E-state index contributed by atoms with van der Waals surface area (Å²) in [6, 6.07) is 8.04. The quantitative estimate of drug-likeness (QED) is 0.917. The number of carbonyl (C=O) groups excluding carboxylic acids is 2. The molecule has 0 aliphatic carbocycles. The molecule has 130 valence electrons. The van der Waals surface area contributed by atoms with Crippen LogP contribution in [0, 0.1) is 5.82 Å². The number of para-hydroxylation sites is 1. The Hall–Kier alpha value is -2.96. The van der Waals surface area contributed by atoms with Crippen LogP contribution in [-0.2, 0) is 11.8 Å². The molecular weight excluding hydrogens is 325 g/mol. The van der Waals surface area contributed by atoms with Gasteiger partial charge in [0, 0.05) is 31.4 Å². The molecule has 0 bridgehead atoms. The first-order valence-corrected chi connectivity index (χ1v) is 8.01. The fraction of sp³-hybridized carbons (Fsp3) is 0.278. The van der Waals surface area contributed by atoms with Gasteiger partial charge >= 0.3 is 0 Å². The maximum atomic E-state index is 14.0. The third-order valence-electron chi connectivity index (χ3n) is 4.25. The van der Waals surface area contributed by atoms with Crippen LogP contribution >= 0.6 is 0 Å². The fourth-order valence-corrected chi connectivity index (χ4v) is 2.85. The number of nitrogens with one attached hydrogen (secondary N) is 1. The van der Waals surface area contributed by atoms with Crippen molar-refractivity contribution >= 4 is 17.5 Å². The molecule has 3 rings (SSSR count). The highest BCUT2D eigenvalue weighted by Crippen LogP contribution is 2.24. The Balaban J connectivity index is 1.77. The van der Waals surface area contributed by atoms with Crippen LogP contribution in [0.15, 0.2) is 47.4 Å². The van der Waals surface area contributed by atoms with Crippen molar-refractivity contribution in [1.82, 2.24) is 9.88 Å². The van der Waals surface area contributed by atoms with E-state index in [1.807, 2.05) is 0 Å². The number of rotatable bonds is 3. The zero-order valence-electron chi connectivity index (χ0n) is 13.7. The van der Waals surface area contributed by atoms with E-state index in [0.717, 1.165) is 0 Å². The number of anilines is 1. The standard InChI is InChI=1S/C18H18FN3O3/c1-21-10-8-12(11-16(21)23)17(24)20-14-6-4-9-22(18(14)25)15-7-3-2-5-13(15)19/h2-3,5,7-8,10-11,14H,4,6,9H2,1H3,(H,20,24)/t14-/m1/s1. The van der Waals surface area contributed by atoms with E-state index in [4.69, 9.17) is 0 Å². The van der Waals surface area contributed by atoms with Crippen LogP contribution in [0.25, 0.3) is 0 Å². The number of carbonyl (C=O) groups is 2. The Labute approximate surface area is 143 Å². The number of aromatic nitrogens is 1. The van der Waals surface area contributed by atoms with Gasteiger partial charge in [-0.1, -0.05) is 12.1 Å². The van der Waals surface area contributed by atoms with Crippen LogP contribution in [0.1, 0.15) is 23.2 Å². The molecule has 1 aromatic carbocycles. The molecule has 1 atom stereocenters. The summed E-state index contributed by atoms with van der Waals surface area (Å²) in [5.74, 6) is -1.32. The Bertz CT molecular complexity index is 878. The largest absolute Gasteiger partial charge is 0.340 e. The van der Waals surface area contributed by atoms with Gasteiger partial charge in [-0.3, -0.25) is 14.4 Å². The minimum atomic E-state index is -0.745. The molecule has 6 nitrogen and oxygen atoms in total. The summed E-state index contributed by atoms with van der Waals surface area (Å²) >= 11 is 0. The predicted octanol–water partition coefficient (Wildman–Crippen LogP) is 1.45. The lowest BCUT2D eigenvalue weighted by Gasteiger charge is -2.32. The Morgan fingerprint density at radius 2 is 2.00 bits per heavy atom. The summed E-state index contributed by atoms with van der Waals surface area (Å²) in [6.45, 7) is 0.401. The first-order valence-electron chi connectivity index (χ1n) is 8.01. The molecule has 2 heterocycles. The van der Waals surface area contributed by atoms with Gasteiger partial charge in [0.2, 0.25) is 5.91 Å². The summed E-state index contributed by atoms with van der Waals surface area (Å²) < 4.78 is 15.3. The summed E-state index contributed by atoms with van der Waals surface area (Å²) in [7, 11) is 1.58. The number of nitrogens with zero attached hydrogens (tertiary/aromatic N) is 2. The monoisotopic (exact) mass is 343 g/mol. The van der Waals surface area contributed by atoms with Crippen LogP contribution in [0.3, 0.4) is 0 Å². The second-order valence-electron chi connectivity index (χ2n) is 5.97. The highest BCUT2D eigenvalue weighted by molar-refractivity contribution is 6.02. The highest BCUT2D eigenvalue weighted by atomic mass is 19.1. The molecule has 1 fully saturated rings. The van der Waals surface area contributed by atoms with Gasteiger partial charge in [-0.15, -0.1) is 0 Å². The molecule has 1 aromatic heterocycles. The molecule has 25 heavy (non-hydrogen) atoms. The van der Waals surface area contributed by atoms with Crippen molar-refractivity contribution in [2.45, 2.75) is 18.9 Å². The summed E-state index contributed by atoms with van der Waals surface area (Å²) in [5, 5.41) is 2.65. The number of hydrogen-bond acceptors (Lipinski definition) is 3. The van der Waals surface area contributed by atoms with Crippen molar-refractivity contribution < 1.29 is 14.0 Å². The third-order valence-corrected chi connectivity index (χ3v) is 4.25. The predicted molar refractivity (Wildman–Crippen MR) is 90.9 cm³/mol. The maximum Gasteiger partial charge on any atom is 0.252 e. The van der Waals surface area contributed by atoms with Gasteiger partial charge in [-0.05, 0) is 31.0 Å². The van der Waals surface area contributed by atoms with E-state index in [0.29, 0.717) is 19.4 Å². The van der Waals surface area contributed by atoms with Crippen LogP contribution in [0.5, 0.6) is 0 Å². The molecule has 2 amide bonds. The number of halogens is 1. The average molecular weight is 343 g/mol. The van der Waals surface area contributed by atoms with Crippen molar-refractivity contribution in [1.29, 1.82) is 0 Å². The number of aryl methyl sites for hydroxylation is 1. The summed E-state index contributed by atoms with van der Waals surface area (Å²) in [6.07, 6.45) is 2.60. The maximum absolute atomic E-state index is 14.0. The van der Waals surface area contributed by atoms with Crippen molar-refractivity contribution in [3.05, 3.63) is 64.3 Å². The smallest absolute Gasteiger partial charge is 0.252 e. The van der Waals surface area contributed by atoms with E-state index >= 15 is 0 Å².